The summed E-state index contributed by atoms with van der Waals surface area (Å²) >= 11 is 3.09. The lowest BCUT2D eigenvalue weighted by atomic mass is 10.1. The van der Waals surface area contributed by atoms with Crippen molar-refractivity contribution in [3.63, 3.8) is 0 Å². The van der Waals surface area contributed by atoms with E-state index < -0.39 is 22.3 Å². The average Bonchev–Trinajstić information content (AvgIpc) is 2.41. The van der Waals surface area contributed by atoms with E-state index in [1.165, 1.54) is 36.4 Å². The molecule has 0 bridgehead atoms. The highest BCUT2D eigenvalue weighted by molar-refractivity contribution is 9.10. The Balaban J connectivity index is 2.37. The number of benzene rings is 2. The van der Waals surface area contributed by atoms with Gasteiger partial charge in [0.05, 0.1) is 10.6 Å². The minimum absolute atomic E-state index is 0.0834. The maximum atomic E-state index is 13.7. The number of amides is 1. The zero-order valence-electron chi connectivity index (χ0n) is 10.5. The fourth-order valence-corrected chi connectivity index (χ4v) is 2.06. The summed E-state index contributed by atoms with van der Waals surface area (Å²) in [4.78, 5) is 22.3. The number of nitro benzene ring substituents is 1. The highest BCUT2D eigenvalue weighted by atomic mass is 79.9. The van der Waals surface area contributed by atoms with E-state index in [9.17, 15) is 19.3 Å². The Morgan fingerprint density at radius 1 is 1.33 bits per heavy atom. The largest absolute Gasteiger partial charge is 0.393 e. The summed E-state index contributed by atoms with van der Waals surface area (Å²) in [5.41, 5.74) is 4.54. The first-order chi connectivity index (χ1) is 9.90. The van der Waals surface area contributed by atoms with Crippen molar-refractivity contribution in [2.75, 3.05) is 11.1 Å². The Hall–Kier alpha value is -2.48. The molecule has 0 aliphatic carbocycles. The van der Waals surface area contributed by atoms with E-state index in [4.69, 9.17) is 5.73 Å². The van der Waals surface area contributed by atoms with E-state index in [2.05, 4.69) is 21.2 Å². The van der Waals surface area contributed by atoms with Gasteiger partial charge >= 0.3 is 5.69 Å². The number of nitrogens with two attached hydrogens (primary N) is 1. The standard InChI is InChI=1S/C13H9BrFN3O3/c14-7-4-5-11(9(15)6-7)17-13(19)8-2-1-3-10(16)12(8)18(20)21/h1-6H,16H2,(H,17,19). The van der Waals surface area contributed by atoms with Crippen LogP contribution in [0.1, 0.15) is 10.4 Å². The van der Waals surface area contributed by atoms with Crippen LogP contribution in [-0.4, -0.2) is 10.8 Å². The molecule has 108 valence electrons. The van der Waals surface area contributed by atoms with Crippen LogP contribution < -0.4 is 11.1 Å². The predicted molar refractivity (Wildman–Crippen MR) is 79.6 cm³/mol. The summed E-state index contributed by atoms with van der Waals surface area (Å²) in [5.74, 6) is -1.47. The van der Waals surface area contributed by atoms with Gasteiger partial charge in [-0.2, -0.15) is 0 Å². The number of carbonyl (C=O) groups excluding carboxylic acids is 1. The highest BCUT2D eigenvalue weighted by Gasteiger charge is 2.23. The first-order valence-electron chi connectivity index (χ1n) is 5.69. The van der Waals surface area contributed by atoms with Gasteiger partial charge in [-0.1, -0.05) is 22.0 Å². The predicted octanol–water partition coefficient (Wildman–Crippen LogP) is 3.33. The normalized spacial score (nSPS) is 10.2. The molecule has 0 saturated heterocycles. The van der Waals surface area contributed by atoms with E-state index in [0.29, 0.717) is 4.47 Å². The third-order valence-corrected chi connectivity index (χ3v) is 3.17. The Kier molecular flexibility index (Phi) is 4.18. The van der Waals surface area contributed by atoms with Crippen LogP contribution in [0.5, 0.6) is 0 Å². The van der Waals surface area contributed by atoms with Gasteiger partial charge in [-0.15, -0.1) is 0 Å². The second-order valence-electron chi connectivity index (χ2n) is 4.08. The van der Waals surface area contributed by atoms with E-state index in [-0.39, 0.29) is 16.9 Å². The molecule has 0 heterocycles. The second-order valence-corrected chi connectivity index (χ2v) is 4.99. The Bertz CT molecular complexity index is 737. The first kappa shape index (κ1) is 14.9. The van der Waals surface area contributed by atoms with Crippen molar-refractivity contribution in [3.8, 4) is 0 Å². The molecular weight excluding hydrogens is 345 g/mol. The maximum absolute atomic E-state index is 13.7. The maximum Gasteiger partial charge on any atom is 0.304 e. The quantitative estimate of drug-likeness (QED) is 0.502. The SMILES string of the molecule is Nc1cccc(C(=O)Nc2ccc(Br)cc2F)c1[N+](=O)[O-]. The molecular formula is C13H9BrFN3O3. The van der Waals surface area contributed by atoms with E-state index >= 15 is 0 Å². The molecule has 2 aromatic carbocycles. The van der Waals surface area contributed by atoms with Gasteiger partial charge in [0.2, 0.25) is 0 Å². The summed E-state index contributed by atoms with van der Waals surface area (Å²) in [6.45, 7) is 0. The van der Waals surface area contributed by atoms with Crippen LogP contribution in [0.4, 0.5) is 21.5 Å². The third-order valence-electron chi connectivity index (χ3n) is 2.67. The molecule has 6 nitrogen and oxygen atoms in total. The first-order valence-corrected chi connectivity index (χ1v) is 6.48. The molecule has 0 aromatic heterocycles. The number of anilines is 2. The number of nitrogens with zero attached hydrogens (tertiary/aromatic N) is 1. The number of para-hydroxylation sites is 1. The zero-order chi connectivity index (χ0) is 15.6. The topological polar surface area (TPSA) is 98.3 Å². The number of halogens is 2. The monoisotopic (exact) mass is 353 g/mol. The zero-order valence-corrected chi connectivity index (χ0v) is 12.1. The van der Waals surface area contributed by atoms with Crippen LogP contribution in [0.3, 0.4) is 0 Å². The highest BCUT2D eigenvalue weighted by Crippen LogP contribution is 2.27. The summed E-state index contributed by atoms with van der Waals surface area (Å²) in [7, 11) is 0. The van der Waals surface area contributed by atoms with Gasteiger partial charge in [0.25, 0.3) is 5.91 Å². The van der Waals surface area contributed by atoms with Gasteiger partial charge in [-0.3, -0.25) is 14.9 Å². The molecule has 1 amide bonds. The number of rotatable bonds is 3. The lowest BCUT2D eigenvalue weighted by Gasteiger charge is -2.08. The molecule has 0 unspecified atom stereocenters. The molecule has 0 fully saturated rings. The lowest BCUT2D eigenvalue weighted by molar-refractivity contribution is -0.384. The van der Waals surface area contributed by atoms with Crippen molar-refractivity contribution in [2.45, 2.75) is 0 Å². The number of hydrogen-bond acceptors (Lipinski definition) is 4. The van der Waals surface area contributed by atoms with Gasteiger partial charge in [0.1, 0.15) is 17.1 Å². The summed E-state index contributed by atoms with van der Waals surface area (Å²) in [6.07, 6.45) is 0. The Morgan fingerprint density at radius 2 is 2.05 bits per heavy atom. The summed E-state index contributed by atoms with van der Waals surface area (Å²) in [6, 6.07) is 8.02. The molecule has 3 N–H and O–H groups in total. The van der Waals surface area contributed by atoms with E-state index in [0.717, 1.165) is 0 Å². The fourth-order valence-electron chi connectivity index (χ4n) is 1.73. The molecule has 0 saturated carbocycles. The molecule has 2 rings (SSSR count). The molecule has 21 heavy (non-hydrogen) atoms. The van der Waals surface area contributed by atoms with Crippen LogP contribution in [0.15, 0.2) is 40.9 Å². The third kappa shape index (κ3) is 3.16. The number of nitrogens with one attached hydrogen (secondary N) is 1. The number of nitrogen functional groups attached to an aromatic ring is 1. The van der Waals surface area contributed by atoms with E-state index in [1.807, 2.05) is 0 Å². The number of hydrogen-bond donors (Lipinski definition) is 2. The van der Waals surface area contributed by atoms with Crippen molar-refractivity contribution < 1.29 is 14.1 Å². The van der Waals surface area contributed by atoms with Crippen molar-refractivity contribution in [3.05, 3.63) is 62.4 Å². The van der Waals surface area contributed by atoms with Crippen LogP contribution >= 0.6 is 15.9 Å². The Morgan fingerprint density at radius 3 is 2.67 bits per heavy atom. The van der Waals surface area contributed by atoms with Crippen molar-refractivity contribution >= 4 is 38.9 Å². The summed E-state index contributed by atoms with van der Waals surface area (Å²) in [5, 5.41) is 13.3. The minimum atomic E-state index is -0.810. The van der Waals surface area contributed by atoms with Gasteiger partial charge in [0, 0.05) is 4.47 Å². The summed E-state index contributed by atoms with van der Waals surface area (Å²) < 4.78 is 14.2. The van der Waals surface area contributed by atoms with Gasteiger partial charge < -0.3 is 11.1 Å². The molecule has 0 spiro atoms. The average molecular weight is 354 g/mol. The van der Waals surface area contributed by atoms with Gasteiger partial charge in [0.15, 0.2) is 0 Å². The molecule has 0 aliphatic rings. The molecule has 0 aliphatic heterocycles. The smallest absolute Gasteiger partial charge is 0.304 e. The van der Waals surface area contributed by atoms with Crippen LogP contribution in [0, 0.1) is 15.9 Å². The van der Waals surface area contributed by atoms with Crippen LogP contribution in [0.25, 0.3) is 0 Å². The van der Waals surface area contributed by atoms with E-state index in [1.54, 1.807) is 0 Å². The van der Waals surface area contributed by atoms with Crippen LogP contribution in [0.2, 0.25) is 0 Å². The molecule has 0 atom stereocenters. The van der Waals surface area contributed by atoms with Gasteiger partial charge in [-0.05, 0) is 30.3 Å². The van der Waals surface area contributed by atoms with Crippen molar-refractivity contribution in [1.82, 2.24) is 0 Å². The molecule has 2 aromatic rings. The van der Waals surface area contributed by atoms with Crippen molar-refractivity contribution in [2.24, 2.45) is 0 Å². The molecule has 8 heteroatoms. The minimum Gasteiger partial charge on any atom is -0.393 e. The van der Waals surface area contributed by atoms with Crippen LogP contribution in [-0.2, 0) is 0 Å². The van der Waals surface area contributed by atoms with Gasteiger partial charge in [-0.25, -0.2) is 4.39 Å². The Labute approximate surface area is 127 Å². The molecule has 0 radical (unpaired) electrons. The fraction of sp³-hybridized carbons (Fsp3) is 0. The second kappa shape index (κ2) is 5.88. The van der Waals surface area contributed by atoms with Crippen molar-refractivity contribution in [1.29, 1.82) is 0 Å². The lowest BCUT2D eigenvalue weighted by Crippen LogP contribution is -2.15. The number of carbonyl (C=O) groups is 1. The number of nitro groups is 1.